The van der Waals surface area contributed by atoms with Crippen LogP contribution in [-0.2, 0) is 14.4 Å². The van der Waals surface area contributed by atoms with Gasteiger partial charge in [-0.05, 0) is 48.9 Å². The summed E-state index contributed by atoms with van der Waals surface area (Å²) in [6.07, 6.45) is -0.947. The quantitative estimate of drug-likeness (QED) is 0.620. The molecule has 0 aromatic heterocycles. The molecule has 2 heterocycles. The Morgan fingerprint density at radius 1 is 0.906 bits per heavy atom. The maximum atomic E-state index is 13.6. The third-order valence-corrected chi connectivity index (χ3v) is 5.77. The van der Waals surface area contributed by atoms with E-state index in [1.807, 2.05) is 43.3 Å². The number of rotatable bonds is 5. The molecule has 0 radical (unpaired) electrons. The van der Waals surface area contributed by atoms with Crippen LogP contribution >= 0.6 is 0 Å². The van der Waals surface area contributed by atoms with Crippen molar-refractivity contribution in [3.8, 4) is 11.5 Å². The lowest BCUT2D eigenvalue weighted by Gasteiger charge is -2.29. The van der Waals surface area contributed by atoms with E-state index in [1.165, 1.54) is 11.0 Å². The SMILES string of the molecule is CCOc1cc([C@@H]2[C@@H]3C(=O)N(c4ccccc4)C(=O)[C@@H]3ON2c2ccccc2)ccc1O. The molecular formula is C25H22N2O5. The van der Waals surface area contributed by atoms with Crippen molar-refractivity contribution >= 4 is 23.2 Å². The van der Waals surface area contributed by atoms with Gasteiger partial charge in [0.1, 0.15) is 5.92 Å². The summed E-state index contributed by atoms with van der Waals surface area (Å²) in [5, 5.41) is 11.8. The normalized spacial score (nSPS) is 22.3. The highest BCUT2D eigenvalue weighted by Crippen LogP contribution is 2.48. The second-order valence-electron chi connectivity index (χ2n) is 7.67. The Balaban J connectivity index is 1.60. The Morgan fingerprint density at radius 2 is 1.56 bits per heavy atom. The van der Waals surface area contributed by atoms with Gasteiger partial charge < -0.3 is 9.84 Å². The predicted molar refractivity (Wildman–Crippen MR) is 118 cm³/mol. The first-order chi connectivity index (χ1) is 15.6. The number of phenolic OH excluding ortho intramolecular Hbond substituents is 1. The van der Waals surface area contributed by atoms with Crippen LogP contribution in [0, 0.1) is 5.92 Å². The molecule has 32 heavy (non-hydrogen) atoms. The summed E-state index contributed by atoms with van der Waals surface area (Å²) in [7, 11) is 0. The molecule has 3 aromatic rings. The number of carbonyl (C=O) groups excluding carboxylic acids is 2. The fraction of sp³-hybridized carbons (Fsp3) is 0.200. The maximum Gasteiger partial charge on any atom is 0.266 e. The zero-order chi connectivity index (χ0) is 22.2. The lowest BCUT2D eigenvalue weighted by Crippen LogP contribution is -2.37. The number of imide groups is 1. The molecule has 162 valence electrons. The van der Waals surface area contributed by atoms with Crippen molar-refractivity contribution in [2.45, 2.75) is 19.1 Å². The van der Waals surface area contributed by atoms with E-state index in [4.69, 9.17) is 9.57 Å². The maximum absolute atomic E-state index is 13.6. The average Bonchev–Trinajstić information content (AvgIpc) is 3.33. The van der Waals surface area contributed by atoms with Crippen LogP contribution in [0.25, 0.3) is 0 Å². The predicted octanol–water partition coefficient (Wildman–Crippen LogP) is 3.84. The molecule has 2 fully saturated rings. The molecular weight excluding hydrogens is 408 g/mol. The first-order valence-corrected chi connectivity index (χ1v) is 10.5. The molecule has 0 aliphatic carbocycles. The van der Waals surface area contributed by atoms with E-state index in [0.29, 0.717) is 23.6 Å². The summed E-state index contributed by atoms with van der Waals surface area (Å²) in [5.41, 5.74) is 1.95. The van der Waals surface area contributed by atoms with Gasteiger partial charge in [-0.2, -0.15) is 0 Å². The number of hydrogen-bond acceptors (Lipinski definition) is 6. The first kappa shape index (κ1) is 20.1. The number of hydrogen-bond donors (Lipinski definition) is 1. The van der Waals surface area contributed by atoms with Crippen LogP contribution in [0.3, 0.4) is 0 Å². The van der Waals surface area contributed by atoms with Crippen LogP contribution in [0.2, 0.25) is 0 Å². The molecule has 7 heteroatoms. The summed E-state index contributed by atoms with van der Waals surface area (Å²) < 4.78 is 5.56. The van der Waals surface area contributed by atoms with E-state index in [2.05, 4.69) is 0 Å². The van der Waals surface area contributed by atoms with E-state index in [9.17, 15) is 14.7 Å². The Kier molecular flexibility index (Phi) is 5.03. The number of nitrogens with zero attached hydrogens (tertiary/aromatic N) is 2. The number of hydroxylamine groups is 1. The zero-order valence-corrected chi connectivity index (χ0v) is 17.4. The van der Waals surface area contributed by atoms with Crippen LogP contribution in [0.1, 0.15) is 18.5 Å². The molecule has 3 aromatic carbocycles. The van der Waals surface area contributed by atoms with Crippen molar-refractivity contribution < 1.29 is 24.3 Å². The second kappa shape index (κ2) is 8.01. The number of ether oxygens (including phenoxy) is 1. The van der Waals surface area contributed by atoms with Gasteiger partial charge in [0.25, 0.3) is 5.91 Å². The third kappa shape index (κ3) is 3.18. The minimum atomic E-state index is -0.947. The molecule has 5 rings (SSSR count). The largest absolute Gasteiger partial charge is 0.504 e. The molecule has 0 unspecified atom stereocenters. The van der Waals surface area contributed by atoms with Crippen LogP contribution in [0.5, 0.6) is 11.5 Å². The van der Waals surface area contributed by atoms with Crippen molar-refractivity contribution in [1.82, 2.24) is 0 Å². The van der Waals surface area contributed by atoms with Crippen LogP contribution in [-0.4, -0.2) is 29.6 Å². The first-order valence-electron chi connectivity index (χ1n) is 10.5. The van der Waals surface area contributed by atoms with Crippen molar-refractivity contribution in [2.75, 3.05) is 16.6 Å². The van der Waals surface area contributed by atoms with Crippen LogP contribution in [0.15, 0.2) is 78.9 Å². The number of anilines is 2. The standard InChI is InChI=1S/C25H22N2O5/c1-2-31-20-15-16(13-14-19(20)28)22-21-23(32-27(22)18-11-7-4-8-12-18)25(30)26(24(21)29)17-9-5-3-6-10-17/h3-15,21-23,28H,2H2,1H3/t21-,22+,23+/m0/s1. The Morgan fingerprint density at radius 3 is 2.22 bits per heavy atom. The molecule has 2 amide bonds. The molecule has 0 bridgehead atoms. The lowest BCUT2D eigenvalue weighted by molar-refractivity contribution is -0.126. The highest BCUT2D eigenvalue weighted by molar-refractivity contribution is 6.23. The van der Waals surface area contributed by atoms with Gasteiger partial charge in [-0.25, -0.2) is 9.96 Å². The van der Waals surface area contributed by atoms with Crippen molar-refractivity contribution in [3.63, 3.8) is 0 Å². The van der Waals surface area contributed by atoms with E-state index >= 15 is 0 Å². The third-order valence-electron chi connectivity index (χ3n) is 5.77. The molecule has 3 atom stereocenters. The van der Waals surface area contributed by atoms with Crippen molar-refractivity contribution in [2.24, 2.45) is 5.92 Å². The van der Waals surface area contributed by atoms with Gasteiger partial charge in [0.2, 0.25) is 5.91 Å². The Labute approximate surface area is 185 Å². The fourth-order valence-electron chi connectivity index (χ4n) is 4.37. The zero-order valence-electron chi connectivity index (χ0n) is 17.4. The number of aromatic hydroxyl groups is 1. The van der Waals surface area contributed by atoms with E-state index in [0.717, 1.165) is 5.69 Å². The van der Waals surface area contributed by atoms with E-state index in [-0.39, 0.29) is 11.7 Å². The van der Waals surface area contributed by atoms with E-state index < -0.39 is 24.0 Å². The average molecular weight is 430 g/mol. The van der Waals surface area contributed by atoms with Crippen molar-refractivity contribution in [3.05, 3.63) is 84.4 Å². The van der Waals surface area contributed by atoms with Crippen LogP contribution in [0.4, 0.5) is 11.4 Å². The highest BCUT2D eigenvalue weighted by atomic mass is 16.7. The number of fused-ring (bicyclic) bond motifs is 1. The number of benzene rings is 3. The smallest absolute Gasteiger partial charge is 0.266 e. The number of carbonyl (C=O) groups is 2. The summed E-state index contributed by atoms with van der Waals surface area (Å²) in [5.74, 6) is -1.13. The number of para-hydroxylation sites is 2. The topological polar surface area (TPSA) is 79.3 Å². The molecule has 7 nitrogen and oxygen atoms in total. The molecule has 2 aliphatic heterocycles. The summed E-state index contributed by atoms with van der Waals surface area (Å²) >= 11 is 0. The highest BCUT2D eigenvalue weighted by Gasteiger charge is 2.60. The van der Waals surface area contributed by atoms with Gasteiger partial charge in [0, 0.05) is 0 Å². The summed E-state index contributed by atoms with van der Waals surface area (Å²) in [6.45, 7) is 2.21. The lowest BCUT2D eigenvalue weighted by atomic mass is 9.90. The monoisotopic (exact) mass is 430 g/mol. The molecule has 0 saturated carbocycles. The van der Waals surface area contributed by atoms with Gasteiger partial charge in [-0.15, -0.1) is 0 Å². The molecule has 0 spiro atoms. The van der Waals surface area contributed by atoms with E-state index in [1.54, 1.807) is 41.5 Å². The van der Waals surface area contributed by atoms with Gasteiger partial charge in [0.15, 0.2) is 17.6 Å². The number of phenols is 1. The number of amides is 2. The van der Waals surface area contributed by atoms with Crippen LogP contribution < -0.4 is 14.7 Å². The fourth-order valence-corrected chi connectivity index (χ4v) is 4.37. The van der Waals surface area contributed by atoms with Gasteiger partial charge in [0.05, 0.1) is 24.0 Å². The summed E-state index contributed by atoms with van der Waals surface area (Å²) in [4.78, 5) is 34.1. The Bertz CT molecular complexity index is 1150. The molecule has 2 aliphatic rings. The Hall–Kier alpha value is -3.84. The van der Waals surface area contributed by atoms with Gasteiger partial charge in [-0.1, -0.05) is 42.5 Å². The molecule has 1 N–H and O–H groups in total. The second-order valence-corrected chi connectivity index (χ2v) is 7.67. The molecule has 2 saturated heterocycles. The van der Waals surface area contributed by atoms with Gasteiger partial charge in [-0.3, -0.25) is 14.4 Å². The summed E-state index contributed by atoms with van der Waals surface area (Å²) in [6, 6.07) is 22.6. The minimum absolute atomic E-state index is 0.0112. The van der Waals surface area contributed by atoms with Gasteiger partial charge >= 0.3 is 0 Å². The minimum Gasteiger partial charge on any atom is -0.504 e. The van der Waals surface area contributed by atoms with Crippen molar-refractivity contribution in [1.29, 1.82) is 0 Å².